The molecule has 0 unspecified atom stereocenters. The number of anilines is 1. The molecule has 0 atom stereocenters. The maximum absolute atomic E-state index is 13.9. The maximum Gasteiger partial charge on any atom is 0.262 e. The van der Waals surface area contributed by atoms with Gasteiger partial charge in [0.2, 0.25) is 0 Å². The number of aromatic nitrogens is 1. The third kappa shape index (κ3) is 1.90. The molecule has 0 radical (unpaired) electrons. The van der Waals surface area contributed by atoms with Gasteiger partial charge in [0.05, 0.1) is 16.8 Å². The molecule has 0 spiro atoms. The third-order valence-electron chi connectivity index (χ3n) is 3.10. The average molecular weight is 308 g/mol. The fraction of sp³-hybridized carbons (Fsp3) is 0. The van der Waals surface area contributed by atoms with Crippen LogP contribution in [0.15, 0.2) is 29.1 Å². The van der Waals surface area contributed by atoms with Gasteiger partial charge in [-0.3, -0.25) is 24.3 Å². The summed E-state index contributed by atoms with van der Waals surface area (Å²) >= 11 is 5.78. The average Bonchev–Trinajstić information content (AvgIpc) is 2.68. The second kappa shape index (κ2) is 4.42. The van der Waals surface area contributed by atoms with Gasteiger partial charge in [-0.15, -0.1) is 0 Å². The lowest BCUT2D eigenvalue weighted by Crippen LogP contribution is -2.24. The summed E-state index contributed by atoms with van der Waals surface area (Å²) in [5.41, 5.74) is 4.57. The first-order chi connectivity index (χ1) is 9.90. The SMILES string of the molecule is Nc1c2c(cc(=O)n1-c1cc(Cl)ccc1F)C(=O)NC2=O. The number of benzene rings is 1. The van der Waals surface area contributed by atoms with Gasteiger partial charge >= 0.3 is 0 Å². The van der Waals surface area contributed by atoms with E-state index in [0.29, 0.717) is 0 Å². The van der Waals surface area contributed by atoms with Gasteiger partial charge in [0.25, 0.3) is 17.4 Å². The van der Waals surface area contributed by atoms with E-state index in [0.717, 1.165) is 16.7 Å². The van der Waals surface area contributed by atoms with Crippen molar-refractivity contribution in [3.63, 3.8) is 0 Å². The molecule has 0 saturated heterocycles. The Bertz CT molecular complexity index is 876. The van der Waals surface area contributed by atoms with Gasteiger partial charge in [-0.1, -0.05) is 11.6 Å². The number of nitrogens with zero attached hydrogens (tertiary/aromatic N) is 1. The Balaban J connectivity index is 2.38. The molecule has 0 aliphatic carbocycles. The minimum Gasteiger partial charge on any atom is -0.384 e. The first kappa shape index (κ1) is 13.3. The molecule has 21 heavy (non-hydrogen) atoms. The molecule has 0 saturated carbocycles. The van der Waals surface area contributed by atoms with E-state index >= 15 is 0 Å². The van der Waals surface area contributed by atoms with Crippen LogP contribution in [-0.2, 0) is 0 Å². The lowest BCUT2D eigenvalue weighted by molar-refractivity contribution is 0.0880. The van der Waals surface area contributed by atoms with Gasteiger partial charge in [0.1, 0.15) is 11.6 Å². The molecule has 2 aromatic rings. The van der Waals surface area contributed by atoms with E-state index in [1.807, 2.05) is 5.32 Å². The zero-order valence-corrected chi connectivity index (χ0v) is 11.1. The normalized spacial score (nSPS) is 13.2. The zero-order chi connectivity index (χ0) is 15.3. The minimum absolute atomic E-state index is 0.124. The number of nitrogens with one attached hydrogen (secondary N) is 1. The second-order valence-electron chi connectivity index (χ2n) is 4.37. The molecule has 8 heteroatoms. The molecule has 2 heterocycles. The van der Waals surface area contributed by atoms with Crippen LogP contribution in [0.3, 0.4) is 0 Å². The first-order valence-corrected chi connectivity index (χ1v) is 6.14. The zero-order valence-electron chi connectivity index (χ0n) is 10.3. The Hall–Kier alpha value is -2.67. The molecule has 1 aromatic heterocycles. The van der Waals surface area contributed by atoms with Crippen LogP contribution in [0.25, 0.3) is 5.69 Å². The van der Waals surface area contributed by atoms with Crippen molar-refractivity contribution in [3.8, 4) is 5.69 Å². The molecule has 0 fully saturated rings. The Kier molecular flexibility index (Phi) is 2.80. The fourth-order valence-electron chi connectivity index (χ4n) is 2.19. The Morgan fingerprint density at radius 2 is 1.86 bits per heavy atom. The van der Waals surface area contributed by atoms with Gasteiger partial charge in [-0.25, -0.2) is 4.39 Å². The molecule has 106 valence electrons. The summed E-state index contributed by atoms with van der Waals surface area (Å²) in [5.74, 6) is -2.50. The van der Waals surface area contributed by atoms with Crippen LogP contribution in [-0.4, -0.2) is 16.4 Å². The van der Waals surface area contributed by atoms with Crippen molar-refractivity contribution in [2.75, 3.05) is 5.73 Å². The number of hydrogen-bond donors (Lipinski definition) is 2. The Labute approximate surface area is 121 Å². The van der Waals surface area contributed by atoms with E-state index in [2.05, 4.69) is 0 Å². The first-order valence-electron chi connectivity index (χ1n) is 5.77. The predicted molar refractivity (Wildman–Crippen MR) is 73.2 cm³/mol. The van der Waals surface area contributed by atoms with Crippen molar-refractivity contribution < 1.29 is 14.0 Å². The molecule has 1 aliphatic rings. The number of carbonyl (C=O) groups excluding carboxylic acids is 2. The van der Waals surface area contributed by atoms with Crippen LogP contribution in [0.1, 0.15) is 20.7 Å². The number of nitrogen functional groups attached to an aromatic ring is 1. The number of rotatable bonds is 1. The van der Waals surface area contributed by atoms with Crippen molar-refractivity contribution in [1.29, 1.82) is 0 Å². The van der Waals surface area contributed by atoms with Crippen molar-refractivity contribution in [3.05, 3.63) is 56.6 Å². The molecule has 1 aromatic carbocycles. The van der Waals surface area contributed by atoms with E-state index < -0.39 is 23.2 Å². The number of hydrogen-bond acceptors (Lipinski definition) is 4. The van der Waals surface area contributed by atoms with Gasteiger partial charge in [-0.05, 0) is 18.2 Å². The van der Waals surface area contributed by atoms with Crippen LogP contribution >= 0.6 is 11.6 Å². The van der Waals surface area contributed by atoms with E-state index in [-0.39, 0.29) is 27.7 Å². The van der Waals surface area contributed by atoms with E-state index in [4.69, 9.17) is 17.3 Å². The molecule has 0 bridgehead atoms. The van der Waals surface area contributed by atoms with E-state index in [9.17, 15) is 18.8 Å². The molecule has 2 amide bonds. The summed E-state index contributed by atoms with van der Waals surface area (Å²) in [6, 6.07) is 4.52. The summed E-state index contributed by atoms with van der Waals surface area (Å²) in [4.78, 5) is 35.3. The van der Waals surface area contributed by atoms with Crippen LogP contribution in [0.4, 0.5) is 10.2 Å². The highest BCUT2D eigenvalue weighted by Gasteiger charge is 2.32. The van der Waals surface area contributed by atoms with Crippen molar-refractivity contribution in [1.82, 2.24) is 9.88 Å². The van der Waals surface area contributed by atoms with E-state index in [1.165, 1.54) is 12.1 Å². The third-order valence-corrected chi connectivity index (χ3v) is 3.34. The highest BCUT2D eigenvalue weighted by Crippen LogP contribution is 2.25. The number of pyridine rings is 1. The van der Waals surface area contributed by atoms with Crippen LogP contribution in [0.2, 0.25) is 5.02 Å². The molecular formula is C13H7ClFN3O3. The number of nitrogens with two attached hydrogens (primary N) is 1. The number of halogens is 2. The summed E-state index contributed by atoms with van der Waals surface area (Å²) in [7, 11) is 0. The number of amides is 2. The van der Waals surface area contributed by atoms with Crippen LogP contribution < -0.4 is 16.6 Å². The van der Waals surface area contributed by atoms with Crippen molar-refractivity contribution >= 4 is 29.2 Å². The van der Waals surface area contributed by atoms with E-state index in [1.54, 1.807) is 0 Å². The van der Waals surface area contributed by atoms with Crippen LogP contribution in [0.5, 0.6) is 0 Å². The topological polar surface area (TPSA) is 94.2 Å². The van der Waals surface area contributed by atoms with Gasteiger partial charge in [-0.2, -0.15) is 0 Å². The maximum atomic E-state index is 13.9. The van der Waals surface area contributed by atoms with Gasteiger partial charge in [0, 0.05) is 11.1 Å². The number of fused-ring (bicyclic) bond motifs is 1. The molecule has 6 nitrogen and oxygen atoms in total. The molecule has 3 rings (SSSR count). The summed E-state index contributed by atoms with van der Waals surface area (Å²) in [5, 5.41) is 2.22. The van der Waals surface area contributed by atoms with Crippen LogP contribution in [0, 0.1) is 5.82 Å². The Morgan fingerprint density at radius 3 is 2.57 bits per heavy atom. The Morgan fingerprint density at radius 1 is 1.14 bits per heavy atom. The summed E-state index contributed by atoms with van der Waals surface area (Å²) in [6.45, 7) is 0. The quantitative estimate of drug-likeness (QED) is 0.771. The highest BCUT2D eigenvalue weighted by atomic mass is 35.5. The smallest absolute Gasteiger partial charge is 0.262 e. The largest absolute Gasteiger partial charge is 0.384 e. The molecule has 1 aliphatic heterocycles. The van der Waals surface area contributed by atoms with Gasteiger partial charge in [0.15, 0.2) is 0 Å². The second-order valence-corrected chi connectivity index (χ2v) is 4.81. The standard InChI is InChI=1S/C13H7ClFN3O3/c14-5-1-2-7(15)8(3-5)18-9(19)4-6-10(11(18)16)13(21)17-12(6)20/h1-4H,16H2,(H,17,20,21). The monoisotopic (exact) mass is 307 g/mol. The van der Waals surface area contributed by atoms with Gasteiger partial charge < -0.3 is 5.73 Å². The molecule has 3 N–H and O–H groups in total. The van der Waals surface area contributed by atoms with Crippen molar-refractivity contribution in [2.45, 2.75) is 0 Å². The predicted octanol–water partition coefficient (Wildman–Crippen LogP) is 1.10. The number of carbonyl (C=O) groups is 2. The fourth-order valence-corrected chi connectivity index (χ4v) is 2.35. The summed E-state index contributed by atoms with van der Waals surface area (Å²) in [6.07, 6.45) is 0. The summed E-state index contributed by atoms with van der Waals surface area (Å²) < 4.78 is 14.7. The molecular weight excluding hydrogens is 301 g/mol. The highest BCUT2D eigenvalue weighted by molar-refractivity contribution is 6.30. The minimum atomic E-state index is -0.739. The lowest BCUT2D eigenvalue weighted by Gasteiger charge is -2.12. The van der Waals surface area contributed by atoms with Crippen molar-refractivity contribution in [2.24, 2.45) is 0 Å². The number of imide groups is 1. The lowest BCUT2D eigenvalue weighted by atomic mass is 10.1.